The van der Waals surface area contributed by atoms with Gasteiger partial charge in [0, 0.05) is 54.5 Å². The van der Waals surface area contributed by atoms with Crippen molar-refractivity contribution in [3.63, 3.8) is 0 Å². The van der Waals surface area contributed by atoms with E-state index in [2.05, 4.69) is 22.3 Å². The van der Waals surface area contributed by atoms with E-state index in [1.54, 1.807) is 24.3 Å². The Morgan fingerprint density at radius 1 is 1.04 bits per heavy atom. The second-order valence-corrected chi connectivity index (χ2v) is 7.85. The van der Waals surface area contributed by atoms with Crippen molar-refractivity contribution in [2.24, 2.45) is 5.41 Å². The maximum Gasteiger partial charge on any atom is 0.255 e. The van der Waals surface area contributed by atoms with Crippen molar-refractivity contribution in [2.45, 2.75) is 19.4 Å². The Morgan fingerprint density at radius 3 is 2.35 bits per heavy atom. The predicted octanol–water partition coefficient (Wildman–Crippen LogP) is 4.20. The Labute approximate surface area is 159 Å². The third kappa shape index (κ3) is 3.93. The fourth-order valence-corrected chi connectivity index (χ4v) is 4.02. The highest BCUT2D eigenvalue weighted by Crippen LogP contribution is 2.40. The lowest BCUT2D eigenvalue weighted by Crippen LogP contribution is -2.57. The Hall–Kier alpha value is -1.88. The summed E-state index contributed by atoms with van der Waals surface area (Å²) in [6.45, 7) is 5.14. The summed E-state index contributed by atoms with van der Waals surface area (Å²) in [6.07, 6.45) is 2.39. The number of rotatable bonds is 4. The number of halogens is 1. The number of likely N-dealkylation sites (tertiary alicyclic amines) is 1. The summed E-state index contributed by atoms with van der Waals surface area (Å²) in [5, 5.41) is 3.55. The molecule has 0 bridgehead atoms. The highest BCUT2D eigenvalue weighted by atomic mass is 35.5. The number of benzene rings is 2. The molecule has 4 nitrogen and oxygen atoms in total. The molecule has 4 rings (SSSR count). The molecule has 0 aromatic heterocycles. The molecule has 136 valence electrons. The van der Waals surface area contributed by atoms with Gasteiger partial charge in [-0.2, -0.15) is 0 Å². The average Bonchev–Trinajstić information content (AvgIpc) is 2.63. The SMILES string of the molecule is O=C(Nc1ccc(CN2CC3(CCOCC3)C2)cc1)c1ccc(Cl)cc1. The molecule has 26 heavy (non-hydrogen) atoms. The molecule has 5 heteroatoms. The predicted molar refractivity (Wildman–Crippen MR) is 104 cm³/mol. The van der Waals surface area contributed by atoms with Crippen molar-refractivity contribution in [2.75, 3.05) is 31.6 Å². The standard InChI is InChI=1S/C21H23ClN2O2/c22-18-5-3-17(4-6-18)20(25)23-19-7-1-16(2-8-19)13-24-14-21(15-24)9-11-26-12-10-21/h1-8H,9-15H2,(H,23,25). The van der Waals surface area contributed by atoms with Gasteiger partial charge >= 0.3 is 0 Å². The van der Waals surface area contributed by atoms with Crippen LogP contribution in [-0.2, 0) is 11.3 Å². The first kappa shape index (κ1) is 17.5. The second-order valence-electron chi connectivity index (χ2n) is 7.42. The third-order valence-corrected chi connectivity index (χ3v) is 5.65. The van der Waals surface area contributed by atoms with Crippen LogP contribution in [0, 0.1) is 5.41 Å². The minimum Gasteiger partial charge on any atom is -0.381 e. The number of carbonyl (C=O) groups excluding carboxylic acids is 1. The fraction of sp³-hybridized carbons (Fsp3) is 0.381. The number of nitrogens with one attached hydrogen (secondary N) is 1. The number of anilines is 1. The average molecular weight is 371 g/mol. The van der Waals surface area contributed by atoms with E-state index in [0.717, 1.165) is 25.4 Å². The zero-order chi connectivity index (χ0) is 18.0. The Bertz CT molecular complexity index is 760. The highest BCUT2D eigenvalue weighted by molar-refractivity contribution is 6.30. The molecule has 2 fully saturated rings. The molecule has 1 N–H and O–H groups in total. The lowest BCUT2D eigenvalue weighted by Gasteiger charge is -2.52. The van der Waals surface area contributed by atoms with Gasteiger partial charge in [0.2, 0.25) is 0 Å². The molecule has 2 aliphatic rings. The van der Waals surface area contributed by atoms with Crippen molar-refractivity contribution >= 4 is 23.2 Å². The first-order chi connectivity index (χ1) is 12.6. The molecule has 0 radical (unpaired) electrons. The van der Waals surface area contributed by atoms with Gasteiger partial charge in [-0.1, -0.05) is 23.7 Å². The van der Waals surface area contributed by atoms with E-state index < -0.39 is 0 Å². The molecule has 0 saturated carbocycles. The van der Waals surface area contributed by atoms with E-state index in [4.69, 9.17) is 16.3 Å². The van der Waals surface area contributed by atoms with Crippen molar-refractivity contribution in [1.82, 2.24) is 4.90 Å². The lowest BCUT2D eigenvalue weighted by atomic mass is 9.73. The van der Waals surface area contributed by atoms with Crippen molar-refractivity contribution in [1.29, 1.82) is 0 Å². The van der Waals surface area contributed by atoms with Gasteiger partial charge < -0.3 is 10.1 Å². The van der Waals surface area contributed by atoms with Crippen molar-refractivity contribution in [3.05, 3.63) is 64.7 Å². The number of hydrogen-bond donors (Lipinski definition) is 1. The molecule has 2 saturated heterocycles. The summed E-state index contributed by atoms with van der Waals surface area (Å²) >= 11 is 5.86. The molecule has 0 unspecified atom stereocenters. The van der Waals surface area contributed by atoms with Crippen LogP contribution in [0.4, 0.5) is 5.69 Å². The second kappa shape index (κ2) is 7.39. The van der Waals surface area contributed by atoms with Gasteiger partial charge in [0.05, 0.1) is 0 Å². The minimum absolute atomic E-state index is 0.126. The van der Waals surface area contributed by atoms with E-state index in [1.807, 2.05) is 12.1 Å². The van der Waals surface area contributed by atoms with Crippen LogP contribution in [-0.4, -0.2) is 37.1 Å². The van der Waals surface area contributed by atoms with Gasteiger partial charge in [-0.05, 0) is 54.8 Å². The molecule has 1 amide bonds. The van der Waals surface area contributed by atoms with Gasteiger partial charge in [0.25, 0.3) is 5.91 Å². The van der Waals surface area contributed by atoms with Gasteiger partial charge in [-0.15, -0.1) is 0 Å². The van der Waals surface area contributed by atoms with Gasteiger partial charge in [-0.25, -0.2) is 0 Å². The van der Waals surface area contributed by atoms with E-state index in [9.17, 15) is 4.79 Å². The number of amides is 1. The summed E-state index contributed by atoms with van der Waals surface area (Å²) in [4.78, 5) is 14.7. The van der Waals surface area contributed by atoms with Gasteiger partial charge in [-0.3, -0.25) is 9.69 Å². The molecular weight excluding hydrogens is 348 g/mol. The molecule has 0 aliphatic carbocycles. The van der Waals surface area contributed by atoms with Crippen LogP contribution in [0.25, 0.3) is 0 Å². The summed E-state index contributed by atoms with van der Waals surface area (Å²) < 4.78 is 5.48. The Morgan fingerprint density at radius 2 is 1.69 bits per heavy atom. The Kier molecular flexibility index (Phi) is 4.98. The molecule has 1 spiro atoms. The molecule has 0 atom stereocenters. The maximum atomic E-state index is 12.2. The number of carbonyl (C=O) groups is 1. The van der Waals surface area contributed by atoms with E-state index in [0.29, 0.717) is 16.0 Å². The highest BCUT2D eigenvalue weighted by Gasteiger charge is 2.43. The monoisotopic (exact) mass is 370 g/mol. The number of hydrogen-bond acceptors (Lipinski definition) is 3. The minimum atomic E-state index is -0.126. The molecular formula is C21H23ClN2O2. The van der Waals surface area contributed by atoms with Crippen LogP contribution in [0.2, 0.25) is 5.02 Å². The molecule has 2 aliphatic heterocycles. The van der Waals surface area contributed by atoms with Crippen LogP contribution < -0.4 is 5.32 Å². The maximum absolute atomic E-state index is 12.2. The molecule has 2 aromatic rings. The summed E-state index contributed by atoms with van der Waals surface area (Å²) in [5.74, 6) is -0.126. The zero-order valence-corrected chi connectivity index (χ0v) is 15.5. The third-order valence-electron chi connectivity index (χ3n) is 5.40. The van der Waals surface area contributed by atoms with Crippen LogP contribution in [0.5, 0.6) is 0 Å². The van der Waals surface area contributed by atoms with Crippen LogP contribution in [0.3, 0.4) is 0 Å². The number of ether oxygens (including phenoxy) is 1. The zero-order valence-electron chi connectivity index (χ0n) is 14.7. The van der Waals surface area contributed by atoms with E-state index in [-0.39, 0.29) is 5.91 Å². The smallest absolute Gasteiger partial charge is 0.255 e. The summed E-state index contributed by atoms with van der Waals surface area (Å²) in [7, 11) is 0. The van der Waals surface area contributed by atoms with Crippen LogP contribution >= 0.6 is 11.6 Å². The number of nitrogens with zero attached hydrogens (tertiary/aromatic N) is 1. The van der Waals surface area contributed by atoms with Crippen LogP contribution in [0.15, 0.2) is 48.5 Å². The van der Waals surface area contributed by atoms with Gasteiger partial charge in [0.15, 0.2) is 0 Å². The van der Waals surface area contributed by atoms with Crippen molar-refractivity contribution < 1.29 is 9.53 Å². The fourth-order valence-electron chi connectivity index (χ4n) is 3.89. The van der Waals surface area contributed by atoms with Crippen molar-refractivity contribution in [3.8, 4) is 0 Å². The lowest BCUT2D eigenvalue weighted by molar-refractivity contribution is -0.0839. The summed E-state index contributed by atoms with van der Waals surface area (Å²) in [5.41, 5.74) is 3.18. The normalized spacial score (nSPS) is 19.1. The summed E-state index contributed by atoms with van der Waals surface area (Å²) in [6, 6.07) is 15.0. The largest absolute Gasteiger partial charge is 0.381 e. The molecule has 2 aromatic carbocycles. The van der Waals surface area contributed by atoms with Gasteiger partial charge in [0.1, 0.15) is 0 Å². The van der Waals surface area contributed by atoms with E-state index in [1.165, 1.54) is 31.5 Å². The molecule has 2 heterocycles. The topological polar surface area (TPSA) is 41.6 Å². The quantitative estimate of drug-likeness (QED) is 0.876. The Balaban J connectivity index is 1.30. The first-order valence-corrected chi connectivity index (χ1v) is 9.46. The van der Waals surface area contributed by atoms with E-state index >= 15 is 0 Å². The first-order valence-electron chi connectivity index (χ1n) is 9.08. The van der Waals surface area contributed by atoms with Crippen LogP contribution in [0.1, 0.15) is 28.8 Å².